The maximum atomic E-state index is 12.9. The van der Waals surface area contributed by atoms with Gasteiger partial charge in [0.25, 0.3) is 0 Å². The van der Waals surface area contributed by atoms with Crippen molar-refractivity contribution in [2.75, 3.05) is 7.05 Å². The van der Waals surface area contributed by atoms with Crippen molar-refractivity contribution in [1.82, 2.24) is 9.29 Å². The Kier molecular flexibility index (Phi) is 10.3. The van der Waals surface area contributed by atoms with Crippen LogP contribution in [-0.2, 0) is 23.2 Å². The lowest BCUT2D eigenvalue weighted by Gasteiger charge is -2.16. The fraction of sp³-hybridized carbons (Fsp3) is 0.312. The highest BCUT2D eigenvalue weighted by molar-refractivity contribution is 7.89. The molecule has 1 aromatic heterocycles. The fourth-order valence-electron chi connectivity index (χ4n) is 4.69. The van der Waals surface area contributed by atoms with Crippen LogP contribution in [0.25, 0.3) is 11.3 Å². The highest BCUT2D eigenvalue weighted by Gasteiger charge is 2.22. The predicted octanol–water partition coefficient (Wildman–Crippen LogP) is 7.59. The van der Waals surface area contributed by atoms with Gasteiger partial charge in [0.05, 0.1) is 22.7 Å². The number of rotatable bonds is 14. The number of thiazole rings is 1. The van der Waals surface area contributed by atoms with Gasteiger partial charge in [0.1, 0.15) is 17.4 Å². The SMILES string of the molecule is CCCC(CCC)c1ccc(OCc2ccc(-c3csc(CN(C)S(=O)(=O)c4ccc(C(=O)O)cc4)n3)cc2)cc1. The highest BCUT2D eigenvalue weighted by Crippen LogP contribution is 2.29. The molecule has 0 unspecified atom stereocenters. The van der Waals surface area contributed by atoms with Crippen LogP contribution in [0.1, 0.15) is 71.9 Å². The van der Waals surface area contributed by atoms with E-state index in [0.29, 0.717) is 17.5 Å². The van der Waals surface area contributed by atoms with Gasteiger partial charge in [-0.15, -0.1) is 11.3 Å². The molecule has 0 saturated carbocycles. The van der Waals surface area contributed by atoms with Crippen LogP contribution in [-0.4, -0.2) is 35.8 Å². The third kappa shape index (κ3) is 7.81. The number of sulfonamides is 1. The molecule has 0 atom stereocenters. The molecule has 41 heavy (non-hydrogen) atoms. The second-order valence-corrected chi connectivity index (χ2v) is 13.0. The van der Waals surface area contributed by atoms with Gasteiger partial charge >= 0.3 is 5.97 Å². The number of ether oxygens (including phenoxy) is 1. The van der Waals surface area contributed by atoms with E-state index in [-0.39, 0.29) is 17.0 Å². The summed E-state index contributed by atoms with van der Waals surface area (Å²) in [5, 5.41) is 11.6. The molecule has 0 radical (unpaired) electrons. The van der Waals surface area contributed by atoms with Gasteiger partial charge in [-0.1, -0.05) is 63.1 Å². The first-order valence-corrected chi connectivity index (χ1v) is 16.1. The van der Waals surface area contributed by atoms with Crippen molar-refractivity contribution >= 4 is 27.3 Å². The molecule has 9 heteroatoms. The van der Waals surface area contributed by atoms with Crippen molar-refractivity contribution in [2.45, 2.75) is 63.5 Å². The van der Waals surface area contributed by atoms with Crippen LogP contribution in [0.3, 0.4) is 0 Å². The molecule has 0 bridgehead atoms. The molecule has 7 nitrogen and oxygen atoms in total. The van der Waals surface area contributed by atoms with Crippen LogP contribution in [0, 0.1) is 0 Å². The second kappa shape index (κ2) is 13.9. The minimum Gasteiger partial charge on any atom is -0.489 e. The molecule has 0 spiro atoms. The van der Waals surface area contributed by atoms with Gasteiger partial charge in [-0.3, -0.25) is 0 Å². The van der Waals surface area contributed by atoms with Crippen LogP contribution in [0.5, 0.6) is 5.75 Å². The number of carbonyl (C=O) groups is 1. The number of hydrogen-bond acceptors (Lipinski definition) is 6. The van der Waals surface area contributed by atoms with Crippen LogP contribution >= 0.6 is 11.3 Å². The molecule has 4 aromatic rings. The fourth-order valence-corrected chi connectivity index (χ4v) is 6.76. The Labute approximate surface area is 246 Å². The summed E-state index contributed by atoms with van der Waals surface area (Å²) in [6, 6.07) is 21.7. The molecule has 0 amide bonds. The van der Waals surface area contributed by atoms with Gasteiger partial charge in [0.2, 0.25) is 10.0 Å². The summed E-state index contributed by atoms with van der Waals surface area (Å²) in [6.45, 7) is 5.04. The number of hydrogen-bond donors (Lipinski definition) is 1. The molecule has 1 N–H and O–H groups in total. The summed E-state index contributed by atoms with van der Waals surface area (Å²) in [6.07, 6.45) is 4.79. The monoisotopic (exact) mass is 592 g/mol. The standard InChI is InChI=1S/C32H36N2O5S2/c1-4-6-24(7-5-2)25-12-16-28(17-13-25)39-21-23-8-10-26(11-9-23)30-22-40-31(33-30)20-34(3)41(37,38)29-18-14-27(15-19-29)32(35)36/h8-19,22,24H,4-7,20-21H2,1-3H3,(H,35,36). The first kappa shape index (κ1) is 30.4. The van der Waals surface area contributed by atoms with Gasteiger partial charge in [0.15, 0.2) is 0 Å². The van der Waals surface area contributed by atoms with Crippen molar-refractivity contribution in [3.63, 3.8) is 0 Å². The van der Waals surface area contributed by atoms with E-state index in [0.717, 1.165) is 22.6 Å². The molecule has 0 aliphatic rings. The summed E-state index contributed by atoms with van der Waals surface area (Å²) in [4.78, 5) is 15.7. The zero-order valence-electron chi connectivity index (χ0n) is 23.6. The molecule has 0 aliphatic carbocycles. The predicted molar refractivity (Wildman–Crippen MR) is 163 cm³/mol. The summed E-state index contributed by atoms with van der Waals surface area (Å²) in [5.74, 6) is 0.358. The summed E-state index contributed by atoms with van der Waals surface area (Å²) >= 11 is 1.39. The lowest BCUT2D eigenvalue weighted by atomic mass is 9.90. The molecular formula is C32H36N2O5S2. The number of carboxylic acid groups (broad SMARTS) is 1. The summed E-state index contributed by atoms with van der Waals surface area (Å²) in [7, 11) is -2.30. The number of benzene rings is 3. The average Bonchev–Trinajstić information content (AvgIpc) is 3.45. The Balaban J connectivity index is 1.34. The van der Waals surface area contributed by atoms with E-state index in [1.165, 1.54) is 78.2 Å². The van der Waals surface area contributed by atoms with Gasteiger partial charge in [-0.25, -0.2) is 18.2 Å². The molecule has 0 fully saturated rings. The molecule has 1 heterocycles. The number of aromatic nitrogens is 1. The highest BCUT2D eigenvalue weighted by atomic mass is 32.2. The topological polar surface area (TPSA) is 96.8 Å². The Morgan fingerprint density at radius 1 is 0.951 bits per heavy atom. The van der Waals surface area contributed by atoms with E-state index >= 15 is 0 Å². The quantitative estimate of drug-likeness (QED) is 0.162. The third-order valence-electron chi connectivity index (χ3n) is 7.00. The molecule has 3 aromatic carbocycles. The molecule has 0 aliphatic heterocycles. The Morgan fingerprint density at radius 3 is 2.17 bits per heavy atom. The number of aromatic carboxylic acids is 1. The van der Waals surface area contributed by atoms with Crippen molar-refractivity contribution < 1.29 is 23.1 Å². The zero-order valence-corrected chi connectivity index (χ0v) is 25.2. The van der Waals surface area contributed by atoms with Crippen molar-refractivity contribution in [1.29, 1.82) is 0 Å². The second-order valence-electron chi connectivity index (χ2n) is 10.0. The van der Waals surface area contributed by atoms with E-state index in [1.54, 1.807) is 0 Å². The Hall–Kier alpha value is -3.53. The van der Waals surface area contributed by atoms with Crippen molar-refractivity contribution in [3.05, 3.63) is 99.9 Å². The van der Waals surface area contributed by atoms with Gasteiger partial charge in [0, 0.05) is 18.0 Å². The maximum absolute atomic E-state index is 12.9. The molecule has 216 valence electrons. The van der Waals surface area contributed by atoms with Crippen LogP contribution < -0.4 is 4.74 Å². The van der Waals surface area contributed by atoms with E-state index in [2.05, 4.69) is 43.1 Å². The van der Waals surface area contributed by atoms with Crippen LogP contribution in [0.2, 0.25) is 0 Å². The summed E-state index contributed by atoms with van der Waals surface area (Å²) in [5.41, 5.74) is 4.17. The lowest BCUT2D eigenvalue weighted by Crippen LogP contribution is -2.26. The average molecular weight is 593 g/mol. The third-order valence-corrected chi connectivity index (χ3v) is 9.65. The van der Waals surface area contributed by atoms with Gasteiger partial charge in [-0.05, 0) is 66.3 Å². The summed E-state index contributed by atoms with van der Waals surface area (Å²) < 4.78 is 33.1. The van der Waals surface area contributed by atoms with E-state index in [9.17, 15) is 13.2 Å². The van der Waals surface area contributed by atoms with Crippen molar-refractivity contribution in [3.8, 4) is 17.0 Å². The number of nitrogens with zero attached hydrogens (tertiary/aromatic N) is 2. The first-order valence-electron chi connectivity index (χ1n) is 13.8. The van der Waals surface area contributed by atoms with Crippen molar-refractivity contribution in [2.24, 2.45) is 0 Å². The van der Waals surface area contributed by atoms with Crippen LogP contribution in [0.15, 0.2) is 83.1 Å². The minimum atomic E-state index is -3.79. The normalized spacial score (nSPS) is 11.7. The lowest BCUT2D eigenvalue weighted by molar-refractivity contribution is 0.0696. The molecule has 4 rings (SSSR count). The molecule has 0 saturated heterocycles. The first-order chi connectivity index (χ1) is 19.7. The molecular weight excluding hydrogens is 556 g/mol. The van der Waals surface area contributed by atoms with Gasteiger partial charge in [-0.2, -0.15) is 4.31 Å². The Morgan fingerprint density at radius 2 is 1.59 bits per heavy atom. The number of carboxylic acids is 1. The van der Waals surface area contributed by atoms with Gasteiger partial charge < -0.3 is 9.84 Å². The maximum Gasteiger partial charge on any atom is 0.335 e. The minimum absolute atomic E-state index is 0.0331. The van der Waals surface area contributed by atoms with Crippen LogP contribution in [0.4, 0.5) is 0 Å². The Bertz CT molecular complexity index is 1520. The zero-order chi connectivity index (χ0) is 29.4. The largest absolute Gasteiger partial charge is 0.489 e. The van der Waals surface area contributed by atoms with E-state index < -0.39 is 16.0 Å². The van der Waals surface area contributed by atoms with E-state index in [1.807, 2.05) is 29.6 Å². The smallest absolute Gasteiger partial charge is 0.335 e. The van der Waals surface area contributed by atoms with E-state index in [4.69, 9.17) is 9.84 Å².